The molecule has 0 bridgehead atoms. The molecule has 2 rings (SSSR count). The van der Waals surface area contributed by atoms with Crippen molar-refractivity contribution in [2.75, 3.05) is 6.61 Å². The van der Waals surface area contributed by atoms with E-state index in [1.807, 2.05) is 25.1 Å². The van der Waals surface area contributed by atoms with Crippen molar-refractivity contribution >= 4 is 16.7 Å². The standard InChI is InChI=1S/C11H11NO2/c1-7-2-3-10-8(4-7)9(5-12-10)11(14)6-13/h2-5,12-13H,6H2,1H3. The molecule has 0 fully saturated rings. The highest BCUT2D eigenvalue weighted by molar-refractivity contribution is 6.08. The lowest BCUT2D eigenvalue weighted by atomic mass is 10.1. The van der Waals surface area contributed by atoms with Crippen molar-refractivity contribution in [3.05, 3.63) is 35.5 Å². The quantitative estimate of drug-likeness (QED) is 0.706. The van der Waals surface area contributed by atoms with Crippen LogP contribution in [0.3, 0.4) is 0 Å². The largest absolute Gasteiger partial charge is 0.388 e. The van der Waals surface area contributed by atoms with Gasteiger partial charge in [-0.2, -0.15) is 0 Å². The van der Waals surface area contributed by atoms with Gasteiger partial charge < -0.3 is 10.1 Å². The van der Waals surface area contributed by atoms with Crippen LogP contribution in [0.2, 0.25) is 0 Å². The SMILES string of the molecule is Cc1ccc2[nH]cc(C(=O)CO)c2c1. The summed E-state index contributed by atoms with van der Waals surface area (Å²) in [4.78, 5) is 14.3. The lowest BCUT2D eigenvalue weighted by molar-refractivity contribution is 0.0905. The summed E-state index contributed by atoms with van der Waals surface area (Å²) in [6.45, 7) is 1.53. The van der Waals surface area contributed by atoms with Gasteiger partial charge in [0, 0.05) is 22.7 Å². The number of carbonyl (C=O) groups excluding carboxylic acids is 1. The maximum absolute atomic E-state index is 11.3. The van der Waals surface area contributed by atoms with Crippen LogP contribution < -0.4 is 0 Å². The summed E-state index contributed by atoms with van der Waals surface area (Å²) in [6.07, 6.45) is 1.64. The second kappa shape index (κ2) is 3.27. The summed E-state index contributed by atoms with van der Waals surface area (Å²) >= 11 is 0. The number of nitrogens with one attached hydrogen (secondary N) is 1. The van der Waals surface area contributed by atoms with Gasteiger partial charge in [-0.25, -0.2) is 0 Å². The van der Waals surface area contributed by atoms with E-state index in [2.05, 4.69) is 4.98 Å². The van der Waals surface area contributed by atoms with Crippen LogP contribution in [0.4, 0.5) is 0 Å². The molecule has 0 amide bonds. The van der Waals surface area contributed by atoms with E-state index in [4.69, 9.17) is 5.11 Å². The fourth-order valence-electron chi connectivity index (χ4n) is 1.55. The zero-order valence-corrected chi connectivity index (χ0v) is 7.87. The normalized spacial score (nSPS) is 10.7. The molecule has 1 aromatic heterocycles. The number of H-pyrrole nitrogens is 1. The maximum Gasteiger partial charge on any atom is 0.190 e. The molecule has 3 heteroatoms. The first-order valence-electron chi connectivity index (χ1n) is 4.44. The second-order valence-corrected chi connectivity index (χ2v) is 3.33. The van der Waals surface area contributed by atoms with Gasteiger partial charge >= 0.3 is 0 Å². The minimum atomic E-state index is -0.444. The van der Waals surface area contributed by atoms with Crippen molar-refractivity contribution in [1.29, 1.82) is 0 Å². The van der Waals surface area contributed by atoms with Crippen molar-refractivity contribution in [2.45, 2.75) is 6.92 Å². The zero-order chi connectivity index (χ0) is 10.1. The first-order valence-corrected chi connectivity index (χ1v) is 4.44. The Balaban J connectivity index is 2.67. The van der Waals surface area contributed by atoms with Crippen molar-refractivity contribution in [3.63, 3.8) is 0 Å². The second-order valence-electron chi connectivity index (χ2n) is 3.33. The van der Waals surface area contributed by atoms with E-state index in [0.29, 0.717) is 5.56 Å². The first kappa shape index (κ1) is 8.97. The van der Waals surface area contributed by atoms with Gasteiger partial charge in [0.2, 0.25) is 0 Å². The molecule has 2 aromatic rings. The average Bonchev–Trinajstić information content (AvgIpc) is 2.59. The van der Waals surface area contributed by atoms with Gasteiger partial charge in [-0.1, -0.05) is 11.6 Å². The van der Waals surface area contributed by atoms with Crippen LogP contribution in [0, 0.1) is 6.92 Å². The number of rotatable bonds is 2. The van der Waals surface area contributed by atoms with Crippen LogP contribution in [-0.2, 0) is 0 Å². The molecule has 0 radical (unpaired) electrons. The minimum absolute atomic E-state index is 0.248. The van der Waals surface area contributed by atoms with E-state index < -0.39 is 6.61 Å². The summed E-state index contributed by atoms with van der Waals surface area (Å²) in [5.74, 6) is -0.248. The van der Waals surface area contributed by atoms with Gasteiger partial charge in [0.15, 0.2) is 5.78 Å². The van der Waals surface area contributed by atoms with Gasteiger partial charge in [0.05, 0.1) is 0 Å². The van der Waals surface area contributed by atoms with Gasteiger partial charge in [-0.3, -0.25) is 4.79 Å². The van der Waals surface area contributed by atoms with Gasteiger partial charge in [0.25, 0.3) is 0 Å². The molecular weight excluding hydrogens is 178 g/mol. The third kappa shape index (κ3) is 1.32. The van der Waals surface area contributed by atoms with Crippen LogP contribution in [0.15, 0.2) is 24.4 Å². The maximum atomic E-state index is 11.3. The summed E-state index contributed by atoms with van der Waals surface area (Å²) in [7, 11) is 0. The molecule has 0 saturated carbocycles. The first-order chi connectivity index (χ1) is 6.72. The van der Waals surface area contributed by atoms with E-state index in [0.717, 1.165) is 16.5 Å². The van der Waals surface area contributed by atoms with Crippen molar-refractivity contribution in [1.82, 2.24) is 4.98 Å². The van der Waals surface area contributed by atoms with E-state index in [-0.39, 0.29) is 5.78 Å². The highest BCUT2D eigenvalue weighted by Crippen LogP contribution is 2.19. The molecule has 0 aliphatic heterocycles. The number of aromatic nitrogens is 1. The third-order valence-corrected chi connectivity index (χ3v) is 2.28. The predicted octanol–water partition coefficient (Wildman–Crippen LogP) is 1.65. The monoisotopic (exact) mass is 189 g/mol. The Labute approximate surface area is 81.4 Å². The molecule has 0 unspecified atom stereocenters. The van der Waals surface area contributed by atoms with Crippen molar-refractivity contribution < 1.29 is 9.90 Å². The molecule has 0 spiro atoms. The van der Waals surface area contributed by atoms with Crippen molar-refractivity contribution in [3.8, 4) is 0 Å². The highest BCUT2D eigenvalue weighted by atomic mass is 16.3. The van der Waals surface area contributed by atoms with E-state index in [9.17, 15) is 4.79 Å². The molecule has 1 heterocycles. The number of ketones is 1. The smallest absolute Gasteiger partial charge is 0.190 e. The number of Topliss-reactive ketones (excluding diaryl/α,β-unsaturated/α-hetero) is 1. The molecule has 72 valence electrons. The van der Waals surface area contributed by atoms with Crippen molar-refractivity contribution in [2.24, 2.45) is 0 Å². The Morgan fingerprint density at radius 3 is 3.00 bits per heavy atom. The average molecular weight is 189 g/mol. The van der Waals surface area contributed by atoms with Crippen LogP contribution in [0.25, 0.3) is 10.9 Å². The Morgan fingerprint density at radius 1 is 1.50 bits per heavy atom. The molecule has 0 aliphatic rings. The fourth-order valence-corrected chi connectivity index (χ4v) is 1.55. The van der Waals surface area contributed by atoms with Crippen LogP contribution >= 0.6 is 0 Å². The van der Waals surface area contributed by atoms with Crippen LogP contribution in [-0.4, -0.2) is 22.5 Å². The topological polar surface area (TPSA) is 53.1 Å². The van der Waals surface area contributed by atoms with Gasteiger partial charge in [0.1, 0.15) is 6.61 Å². The zero-order valence-electron chi connectivity index (χ0n) is 7.87. The van der Waals surface area contributed by atoms with Crippen LogP contribution in [0.5, 0.6) is 0 Å². The Kier molecular flexibility index (Phi) is 2.09. The number of aryl methyl sites for hydroxylation is 1. The molecule has 1 aromatic carbocycles. The molecule has 0 atom stereocenters. The van der Waals surface area contributed by atoms with Gasteiger partial charge in [-0.05, 0) is 19.1 Å². The number of aliphatic hydroxyl groups excluding tert-OH is 1. The summed E-state index contributed by atoms with van der Waals surface area (Å²) < 4.78 is 0. The van der Waals surface area contributed by atoms with Gasteiger partial charge in [-0.15, -0.1) is 0 Å². The lowest BCUT2D eigenvalue weighted by Gasteiger charge is -1.96. The Morgan fingerprint density at radius 2 is 2.29 bits per heavy atom. The van der Waals surface area contributed by atoms with Crippen LogP contribution in [0.1, 0.15) is 15.9 Å². The number of fused-ring (bicyclic) bond motifs is 1. The third-order valence-electron chi connectivity index (χ3n) is 2.28. The highest BCUT2D eigenvalue weighted by Gasteiger charge is 2.10. The summed E-state index contributed by atoms with van der Waals surface area (Å²) in [5.41, 5.74) is 2.59. The van der Waals surface area contributed by atoms with E-state index in [1.165, 1.54) is 0 Å². The summed E-state index contributed by atoms with van der Waals surface area (Å²) in [5, 5.41) is 9.65. The minimum Gasteiger partial charge on any atom is -0.388 e. The Bertz CT molecular complexity index is 485. The molecule has 3 nitrogen and oxygen atoms in total. The predicted molar refractivity (Wildman–Crippen MR) is 54.5 cm³/mol. The number of carbonyl (C=O) groups is 1. The number of hydrogen-bond acceptors (Lipinski definition) is 2. The number of aromatic amines is 1. The molecular formula is C11H11NO2. The Hall–Kier alpha value is -1.61. The fraction of sp³-hybridized carbons (Fsp3) is 0.182. The number of aliphatic hydroxyl groups is 1. The number of benzene rings is 1. The molecule has 0 aliphatic carbocycles. The summed E-state index contributed by atoms with van der Waals surface area (Å²) in [6, 6.07) is 5.85. The number of hydrogen-bond donors (Lipinski definition) is 2. The van der Waals surface area contributed by atoms with E-state index in [1.54, 1.807) is 6.20 Å². The molecule has 2 N–H and O–H groups in total. The molecule has 14 heavy (non-hydrogen) atoms. The molecule has 0 saturated heterocycles. The lowest BCUT2D eigenvalue weighted by Crippen LogP contribution is -2.02. The van der Waals surface area contributed by atoms with E-state index >= 15 is 0 Å².